The lowest BCUT2D eigenvalue weighted by atomic mass is 9.93. The van der Waals surface area contributed by atoms with Crippen LogP contribution in [0.5, 0.6) is 0 Å². The van der Waals surface area contributed by atoms with Gasteiger partial charge in [-0.1, -0.05) is 12.8 Å². The van der Waals surface area contributed by atoms with Crippen LogP contribution in [-0.4, -0.2) is 53.5 Å². The third-order valence-corrected chi connectivity index (χ3v) is 7.16. The van der Waals surface area contributed by atoms with Crippen molar-refractivity contribution >= 4 is 15.9 Å². The molecule has 1 amide bonds. The van der Waals surface area contributed by atoms with Gasteiger partial charge in [-0.15, -0.1) is 0 Å². The van der Waals surface area contributed by atoms with E-state index in [1.165, 1.54) is 28.2 Å². The van der Waals surface area contributed by atoms with E-state index in [0.29, 0.717) is 31.5 Å². The first-order valence-electron chi connectivity index (χ1n) is 7.92. The number of hydrogen-bond donors (Lipinski definition) is 2. The van der Waals surface area contributed by atoms with Crippen LogP contribution in [0.4, 0.5) is 0 Å². The number of aliphatic hydroxyl groups excluding tert-OH is 1. The second kappa shape index (κ2) is 5.61. The summed E-state index contributed by atoms with van der Waals surface area (Å²) >= 11 is 0. The summed E-state index contributed by atoms with van der Waals surface area (Å²) in [6.45, 7) is 0.327. The van der Waals surface area contributed by atoms with Crippen molar-refractivity contribution < 1.29 is 18.3 Å². The fraction of sp³-hybridized carbons (Fsp3) is 0.667. The molecule has 3 rings (SSSR count). The van der Waals surface area contributed by atoms with Crippen molar-refractivity contribution in [1.29, 1.82) is 0 Å². The van der Waals surface area contributed by atoms with Crippen molar-refractivity contribution in [2.24, 2.45) is 7.05 Å². The molecule has 1 aromatic rings. The Morgan fingerprint density at radius 3 is 2.65 bits per heavy atom. The molecular formula is C15H23N3O4S. The molecule has 0 bridgehead atoms. The lowest BCUT2D eigenvalue weighted by molar-refractivity contribution is 0.0688. The normalized spacial score (nSPS) is 24.4. The van der Waals surface area contributed by atoms with Crippen LogP contribution in [0.1, 0.15) is 42.6 Å². The van der Waals surface area contributed by atoms with Gasteiger partial charge in [-0.05, 0) is 25.3 Å². The Morgan fingerprint density at radius 2 is 2.04 bits per heavy atom. The molecule has 1 aromatic heterocycles. The Hall–Kier alpha value is -1.38. The Labute approximate surface area is 136 Å². The number of nitrogens with zero attached hydrogens (tertiary/aromatic N) is 2. The molecule has 0 unspecified atom stereocenters. The van der Waals surface area contributed by atoms with Crippen LogP contribution in [0, 0.1) is 0 Å². The fourth-order valence-corrected chi connectivity index (χ4v) is 5.92. The molecule has 8 heteroatoms. The van der Waals surface area contributed by atoms with E-state index in [-0.39, 0.29) is 10.8 Å². The summed E-state index contributed by atoms with van der Waals surface area (Å²) in [4.78, 5) is 11.9. The summed E-state index contributed by atoms with van der Waals surface area (Å²) in [6.07, 6.45) is 4.58. The molecule has 1 saturated carbocycles. The maximum Gasteiger partial charge on any atom is 0.267 e. The summed E-state index contributed by atoms with van der Waals surface area (Å²) in [5, 5.41) is 12.9. The van der Waals surface area contributed by atoms with Crippen LogP contribution < -0.4 is 5.32 Å². The van der Waals surface area contributed by atoms with Gasteiger partial charge in [0, 0.05) is 26.8 Å². The van der Waals surface area contributed by atoms with Gasteiger partial charge in [0.25, 0.3) is 5.91 Å². The van der Waals surface area contributed by atoms with E-state index in [2.05, 4.69) is 5.32 Å². The molecule has 1 spiro atoms. The molecular weight excluding hydrogens is 318 g/mol. The smallest absolute Gasteiger partial charge is 0.267 e. The zero-order valence-corrected chi connectivity index (χ0v) is 14.3. The molecule has 2 fully saturated rings. The molecule has 1 aliphatic heterocycles. The third kappa shape index (κ3) is 2.40. The number of hydrogen-bond acceptors (Lipinski definition) is 4. The summed E-state index contributed by atoms with van der Waals surface area (Å²) in [5.74, 6) is -0.328. The summed E-state index contributed by atoms with van der Waals surface area (Å²) in [7, 11) is -0.580. The summed E-state index contributed by atoms with van der Waals surface area (Å²) in [6, 6.07) is 1.40. The van der Waals surface area contributed by atoms with Crippen molar-refractivity contribution in [2.45, 2.75) is 48.6 Å². The second-order valence-electron chi connectivity index (χ2n) is 6.44. The lowest BCUT2D eigenvalue weighted by Gasteiger charge is -2.36. The SMILES string of the molecule is CNC(=O)c1cc(S(=O)(=O)N2CC[C@H](O)C23CCCC3)cn1C. The van der Waals surface area contributed by atoms with E-state index < -0.39 is 21.7 Å². The Morgan fingerprint density at radius 1 is 1.39 bits per heavy atom. The number of aromatic nitrogens is 1. The predicted octanol–water partition coefficient (Wildman–Crippen LogP) is 0.453. The highest BCUT2D eigenvalue weighted by atomic mass is 32.2. The minimum Gasteiger partial charge on any atom is -0.391 e. The van der Waals surface area contributed by atoms with Crippen LogP contribution in [0.3, 0.4) is 0 Å². The van der Waals surface area contributed by atoms with Crippen molar-refractivity contribution in [3.63, 3.8) is 0 Å². The molecule has 1 atom stereocenters. The molecule has 1 saturated heterocycles. The van der Waals surface area contributed by atoms with Crippen LogP contribution in [0.25, 0.3) is 0 Å². The van der Waals surface area contributed by atoms with E-state index in [9.17, 15) is 18.3 Å². The molecule has 23 heavy (non-hydrogen) atoms. The Balaban J connectivity index is 2.00. The number of rotatable bonds is 3. The average Bonchev–Trinajstić information content (AvgIpc) is 3.21. The first-order chi connectivity index (χ1) is 10.8. The minimum atomic E-state index is -3.73. The number of carbonyl (C=O) groups is 1. The van der Waals surface area contributed by atoms with Crippen molar-refractivity contribution in [1.82, 2.24) is 14.2 Å². The quantitative estimate of drug-likeness (QED) is 0.835. The van der Waals surface area contributed by atoms with Gasteiger partial charge in [0.2, 0.25) is 10.0 Å². The first-order valence-corrected chi connectivity index (χ1v) is 9.36. The van der Waals surface area contributed by atoms with Gasteiger partial charge in [0.1, 0.15) is 10.6 Å². The van der Waals surface area contributed by atoms with Gasteiger partial charge in [-0.25, -0.2) is 8.42 Å². The number of aliphatic hydroxyl groups is 1. The van der Waals surface area contributed by atoms with Gasteiger partial charge >= 0.3 is 0 Å². The second-order valence-corrected chi connectivity index (χ2v) is 8.31. The van der Waals surface area contributed by atoms with Gasteiger partial charge in [0.05, 0.1) is 11.6 Å². The molecule has 1 aliphatic carbocycles. The Bertz CT molecular complexity index is 719. The number of carbonyl (C=O) groups excluding carboxylic acids is 1. The molecule has 2 N–H and O–H groups in total. The van der Waals surface area contributed by atoms with Crippen molar-refractivity contribution in [2.75, 3.05) is 13.6 Å². The lowest BCUT2D eigenvalue weighted by Crippen LogP contribution is -2.50. The third-order valence-electron chi connectivity index (χ3n) is 5.22. The first kappa shape index (κ1) is 16.5. The van der Waals surface area contributed by atoms with E-state index in [1.54, 1.807) is 7.05 Å². The highest BCUT2D eigenvalue weighted by Crippen LogP contribution is 2.46. The number of aryl methyl sites for hydroxylation is 1. The largest absolute Gasteiger partial charge is 0.391 e. The van der Waals surface area contributed by atoms with E-state index in [1.807, 2.05) is 0 Å². The Kier molecular flexibility index (Phi) is 4.02. The highest BCUT2D eigenvalue weighted by Gasteiger charge is 2.54. The minimum absolute atomic E-state index is 0.110. The number of amides is 1. The standard InChI is InChI=1S/C15H23N3O4S/c1-16-14(20)12-9-11(10-17(12)2)23(21,22)18-8-5-13(19)15(18)6-3-4-7-15/h9-10,13,19H,3-8H2,1-2H3,(H,16,20)/t13-/m0/s1. The van der Waals surface area contributed by atoms with E-state index in [4.69, 9.17) is 0 Å². The van der Waals surface area contributed by atoms with E-state index >= 15 is 0 Å². The fourth-order valence-electron chi connectivity index (χ4n) is 3.98. The molecule has 128 valence electrons. The van der Waals surface area contributed by atoms with Crippen molar-refractivity contribution in [3.05, 3.63) is 18.0 Å². The molecule has 2 heterocycles. The van der Waals surface area contributed by atoms with Crippen LogP contribution in [-0.2, 0) is 17.1 Å². The van der Waals surface area contributed by atoms with Gasteiger partial charge in [0.15, 0.2) is 0 Å². The number of sulfonamides is 1. The maximum atomic E-state index is 13.1. The summed E-state index contributed by atoms with van der Waals surface area (Å²) < 4.78 is 29.2. The van der Waals surface area contributed by atoms with Gasteiger partial charge in [-0.3, -0.25) is 4.79 Å². The van der Waals surface area contributed by atoms with Crippen LogP contribution >= 0.6 is 0 Å². The predicted molar refractivity (Wildman–Crippen MR) is 84.5 cm³/mol. The van der Waals surface area contributed by atoms with E-state index in [0.717, 1.165) is 12.8 Å². The molecule has 7 nitrogen and oxygen atoms in total. The highest BCUT2D eigenvalue weighted by molar-refractivity contribution is 7.89. The van der Waals surface area contributed by atoms with Crippen LogP contribution in [0.2, 0.25) is 0 Å². The van der Waals surface area contributed by atoms with Crippen LogP contribution in [0.15, 0.2) is 17.2 Å². The molecule has 0 radical (unpaired) electrons. The van der Waals surface area contributed by atoms with Gasteiger partial charge < -0.3 is 15.0 Å². The van der Waals surface area contributed by atoms with Gasteiger partial charge in [-0.2, -0.15) is 4.31 Å². The van der Waals surface area contributed by atoms with Crippen molar-refractivity contribution in [3.8, 4) is 0 Å². The average molecular weight is 341 g/mol. The topological polar surface area (TPSA) is 91.6 Å². The molecule has 2 aliphatic rings. The summed E-state index contributed by atoms with van der Waals surface area (Å²) in [5.41, 5.74) is -0.367. The maximum absolute atomic E-state index is 13.1. The number of nitrogens with one attached hydrogen (secondary N) is 1. The zero-order chi connectivity index (χ0) is 16.8. The molecule has 0 aromatic carbocycles. The zero-order valence-electron chi connectivity index (χ0n) is 13.4. The monoisotopic (exact) mass is 341 g/mol.